The minimum Gasteiger partial charge on any atom is -0.497 e. The first-order valence-corrected chi connectivity index (χ1v) is 6.93. The zero-order chi connectivity index (χ0) is 14.8. The molecule has 0 aliphatic carbocycles. The number of benzene rings is 1. The molecule has 1 atom stereocenters. The van der Waals surface area contributed by atoms with Gasteiger partial charge in [0, 0.05) is 12.5 Å². The summed E-state index contributed by atoms with van der Waals surface area (Å²) in [6.45, 7) is 1.59. The van der Waals surface area contributed by atoms with Gasteiger partial charge in [0.1, 0.15) is 11.6 Å². The van der Waals surface area contributed by atoms with Gasteiger partial charge < -0.3 is 15.8 Å². The van der Waals surface area contributed by atoms with Gasteiger partial charge in [0.15, 0.2) is 5.78 Å². The van der Waals surface area contributed by atoms with Gasteiger partial charge in [-0.2, -0.15) is 5.10 Å². The second-order valence-electron chi connectivity index (χ2n) is 5.11. The molecule has 0 saturated carbocycles. The summed E-state index contributed by atoms with van der Waals surface area (Å²) in [5.41, 5.74) is 7.40. The van der Waals surface area contributed by atoms with Gasteiger partial charge in [-0.15, -0.1) is 0 Å². The predicted molar refractivity (Wildman–Crippen MR) is 79.8 cm³/mol. The highest BCUT2D eigenvalue weighted by Crippen LogP contribution is 2.23. The Morgan fingerprint density at radius 1 is 1.43 bits per heavy atom. The van der Waals surface area contributed by atoms with E-state index < -0.39 is 0 Å². The largest absolute Gasteiger partial charge is 0.497 e. The number of nitrogens with zero attached hydrogens (tertiary/aromatic N) is 2. The second-order valence-corrected chi connectivity index (χ2v) is 5.11. The number of rotatable bonds is 4. The molecule has 0 amide bonds. The van der Waals surface area contributed by atoms with Crippen molar-refractivity contribution in [1.82, 2.24) is 15.1 Å². The van der Waals surface area contributed by atoms with Crippen LogP contribution in [0.15, 0.2) is 30.5 Å². The molecule has 1 fully saturated rings. The normalized spacial score (nSPS) is 17.9. The molecule has 1 aliphatic rings. The van der Waals surface area contributed by atoms with E-state index in [-0.39, 0.29) is 11.7 Å². The molecule has 0 radical (unpaired) electrons. The van der Waals surface area contributed by atoms with Crippen molar-refractivity contribution < 1.29 is 9.53 Å². The van der Waals surface area contributed by atoms with Crippen molar-refractivity contribution >= 4 is 11.6 Å². The maximum Gasteiger partial charge on any atom is 0.172 e. The molecule has 0 bridgehead atoms. The van der Waals surface area contributed by atoms with E-state index in [9.17, 15) is 4.79 Å². The molecule has 3 N–H and O–H groups in total. The topological polar surface area (TPSA) is 82.2 Å². The highest BCUT2D eigenvalue weighted by molar-refractivity contribution is 6.02. The van der Waals surface area contributed by atoms with Gasteiger partial charge in [-0.3, -0.25) is 4.79 Å². The van der Waals surface area contributed by atoms with Gasteiger partial charge in [0.25, 0.3) is 0 Å². The zero-order valence-electron chi connectivity index (χ0n) is 11.9. The van der Waals surface area contributed by atoms with Gasteiger partial charge >= 0.3 is 0 Å². The number of aromatic nitrogens is 2. The third-order valence-corrected chi connectivity index (χ3v) is 3.82. The summed E-state index contributed by atoms with van der Waals surface area (Å²) < 4.78 is 6.70. The van der Waals surface area contributed by atoms with E-state index in [0.29, 0.717) is 17.9 Å². The summed E-state index contributed by atoms with van der Waals surface area (Å²) >= 11 is 0. The summed E-state index contributed by atoms with van der Waals surface area (Å²) in [7, 11) is 1.61. The Balaban J connectivity index is 1.89. The molecule has 2 aromatic rings. The molecular weight excluding hydrogens is 268 g/mol. The van der Waals surface area contributed by atoms with Crippen LogP contribution in [0, 0.1) is 5.92 Å². The van der Waals surface area contributed by atoms with Crippen LogP contribution in [0.25, 0.3) is 5.69 Å². The third-order valence-electron chi connectivity index (χ3n) is 3.82. The van der Waals surface area contributed by atoms with Crippen molar-refractivity contribution in [2.24, 2.45) is 5.92 Å². The average molecular weight is 286 g/mol. The zero-order valence-corrected chi connectivity index (χ0v) is 11.9. The number of hydrogen-bond donors (Lipinski definition) is 2. The van der Waals surface area contributed by atoms with E-state index >= 15 is 0 Å². The molecule has 0 unspecified atom stereocenters. The standard InChI is InChI=1S/C15H18N4O2/c1-21-12-4-2-11(3-5-12)19-15(16)13(9-18-19)14(20)10-6-7-17-8-10/h2-5,9-10,17H,6-8,16H2,1H3/t10-/m1/s1. The molecule has 1 aromatic carbocycles. The lowest BCUT2D eigenvalue weighted by molar-refractivity contribution is 0.0931. The van der Waals surface area contributed by atoms with Crippen LogP contribution in [-0.4, -0.2) is 35.8 Å². The summed E-state index contributed by atoms with van der Waals surface area (Å²) in [6, 6.07) is 7.37. The molecule has 110 valence electrons. The number of nitrogen functional groups attached to an aromatic ring is 1. The number of hydrogen-bond acceptors (Lipinski definition) is 5. The van der Waals surface area contributed by atoms with Crippen LogP contribution in [-0.2, 0) is 0 Å². The predicted octanol–water partition coefficient (Wildman–Crippen LogP) is 1.26. The first-order valence-electron chi connectivity index (χ1n) is 6.93. The van der Waals surface area contributed by atoms with Crippen molar-refractivity contribution in [3.05, 3.63) is 36.0 Å². The minimum atomic E-state index is 0.000757. The van der Waals surface area contributed by atoms with Crippen LogP contribution < -0.4 is 15.8 Å². The quantitative estimate of drug-likeness (QED) is 0.827. The molecule has 6 heteroatoms. The van der Waals surface area contributed by atoms with Crippen molar-refractivity contribution in [3.8, 4) is 11.4 Å². The Morgan fingerprint density at radius 3 is 2.81 bits per heavy atom. The van der Waals surface area contributed by atoms with E-state index in [1.807, 2.05) is 24.3 Å². The van der Waals surface area contributed by atoms with E-state index in [1.165, 1.54) is 0 Å². The molecule has 21 heavy (non-hydrogen) atoms. The maximum atomic E-state index is 12.4. The number of methoxy groups -OCH3 is 1. The Bertz CT molecular complexity index is 642. The van der Waals surface area contributed by atoms with Crippen LogP contribution in [0.5, 0.6) is 5.75 Å². The molecule has 2 heterocycles. The highest BCUT2D eigenvalue weighted by Gasteiger charge is 2.27. The summed E-state index contributed by atoms with van der Waals surface area (Å²) in [5.74, 6) is 1.22. The third kappa shape index (κ3) is 2.50. The number of Topliss-reactive ketones (excluding diaryl/α,β-unsaturated/α-hetero) is 1. The molecule has 6 nitrogen and oxygen atoms in total. The van der Waals surface area contributed by atoms with Gasteiger partial charge in [-0.05, 0) is 37.2 Å². The van der Waals surface area contributed by atoms with Gasteiger partial charge in [0.05, 0.1) is 24.6 Å². The number of carbonyl (C=O) groups is 1. The van der Waals surface area contributed by atoms with E-state index in [1.54, 1.807) is 18.0 Å². The van der Waals surface area contributed by atoms with Crippen LogP contribution in [0.4, 0.5) is 5.82 Å². The maximum absolute atomic E-state index is 12.4. The minimum absolute atomic E-state index is 0.000757. The lowest BCUT2D eigenvalue weighted by Crippen LogP contribution is -2.18. The number of ketones is 1. The SMILES string of the molecule is COc1ccc(-n2ncc(C(=O)[C@@H]3CCNC3)c2N)cc1. The number of carbonyl (C=O) groups excluding carboxylic acids is 1. The summed E-state index contributed by atoms with van der Waals surface area (Å²) in [6.07, 6.45) is 2.41. The van der Waals surface area contributed by atoms with Crippen molar-refractivity contribution in [2.75, 3.05) is 25.9 Å². The number of nitrogens with one attached hydrogen (secondary N) is 1. The molecular formula is C15H18N4O2. The lowest BCUT2D eigenvalue weighted by Gasteiger charge is -2.08. The number of anilines is 1. The van der Waals surface area contributed by atoms with Crippen molar-refractivity contribution in [1.29, 1.82) is 0 Å². The second kappa shape index (κ2) is 5.57. The van der Waals surface area contributed by atoms with E-state index in [2.05, 4.69) is 10.4 Å². The fourth-order valence-corrected chi connectivity index (χ4v) is 2.58. The van der Waals surface area contributed by atoms with Gasteiger partial charge in [-0.1, -0.05) is 0 Å². The first-order chi connectivity index (χ1) is 10.2. The molecule has 1 saturated heterocycles. The Labute approximate surface area is 122 Å². The molecule has 3 rings (SSSR count). The monoisotopic (exact) mass is 286 g/mol. The Kier molecular flexibility index (Phi) is 3.62. The smallest absolute Gasteiger partial charge is 0.172 e. The van der Waals surface area contributed by atoms with Crippen molar-refractivity contribution in [2.45, 2.75) is 6.42 Å². The lowest BCUT2D eigenvalue weighted by atomic mass is 9.99. The number of ether oxygens (including phenoxy) is 1. The first kappa shape index (κ1) is 13.6. The fraction of sp³-hybridized carbons (Fsp3) is 0.333. The van der Waals surface area contributed by atoms with Crippen LogP contribution in [0.3, 0.4) is 0 Å². The van der Waals surface area contributed by atoms with Crippen LogP contribution in [0.1, 0.15) is 16.8 Å². The Morgan fingerprint density at radius 2 is 2.19 bits per heavy atom. The van der Waals surface area contributed by atoms with Crippen LogP contribution in [0.2, 0.25) is 0 Å². The van der Waals surface area contributed by atoms with Crippen LogP contribution >= 0.6 is 0 Å². The van der Waals surface area contributed by atoms with Gasteiger partial charge in [0.2, 0.25) is 0 Å². The molecule has 1 aromatic heterocycles. The summed E-state index contributed by atoms with van der Waals surface area (Å²) in [5, 5.41) is 7.43. The number of nitrogens with two attached hydrogens (primary N) is 1. The van der Waals surface area contributed by atoms with E-state index in [0.717, 1.165) is 24.4 Å². The van der Waals surface area contributed by atoms with Crippen molar-refractivity contribution in [3.63, 3.8) is 0 Å². The highest BCUT2D eigenvalue weighted by atomic mass is 16.5. The van der Waals surface area contributed by atoms with Gasteiger partial charge in [-0.25, -0.2) is 4.68 Å². The summed E-state index contributed by atoms with van der Waals surface area (Å²) in [4.78, 5) is 12.4. The molecule has 1 aliphatic heterocycles. The molecule has 0 spiro atoms. The Hall–Kier alpha value is -2.34. The fourth-order valence-electron chi connectivity index (χ4n) is 2.58. The average Bonchev–Trinajstić information content (AvgIpc) is 3.16. The van der Waals surface area contributed by atoms with E-state index in [4.69, 9.17) is 10.5 Å².